The fourth-order valence-electron chi connectivity index (χ4n) is 1.93. The summed E-state index contributed by atoms with van der Waals surface area (Å²) in [4.78, 5) is 16.4. The van der Waals surface area contributed by atoms with E-state index in [2.05, 4.69) is 20.9 Å². The molecular weight excluding hydrogens is 346 g/mol. The van der Waals surface area contributed by atoms with Gasteiger partial charge in [-0.05, 0) is 28.1 Å². The van der Waals surface area contributed by atoms with E-state index < -0.39 is 0 Å². The van der Waals surface area contributed by atoms with Crippen molar-refractivity contribution < 1.29 is 14.3 Å². The van der Waals surface area contributed by atoms with E-state index in [1.54, 1.807) is 24.4 Å². The van der Waals surface area contributed by atoms with Crippen molar-refractivity contribution >= 4 is 33.3 Å². The molecule has 0 spiro atoms. The van der Waals surface area contributed by atoms with Crippen LogP contribution in [-0.4, -0.2) is 24.0 Å². The van der Waals surface area contributed by atoms with Gasteiger partial charge in [0.2, 0.25) is 0 Å². The van der Waals surface area contributed by atoms with E-state index in [-0.39, 0.29) is 5.78 Å². The zero-order valence-electron chi connectivity index (χ0n) is 10.2. The van der Waals surface area contributed by atoms with E-state index in [4.69, 9.17) is 21.1 Å². The highest BCUT2D eigenvalue weighted by Gasteiger charge is 2.20. The van der Waals surface area contributed by atoms with Gasteiger partial charge in [0.05, 0.1) is 5.02 Å². The number of aromatic nitrogens is 1. The first-order valence-corrected chi connectivity index (χ1v) is 7.06. The van der Waals surface area contributed by atoms with Crippen LogP contribution in [0.2, 0.25) is 5.02 Å². The van der Waals surface area contributed by atoms with E-state index in [9.17, 15) is 4.79 Å². The molecule has 0 N–H and O–H groups in total. The molecule has 20 heavy (non-hydrogen) atoms. The first kappa shape index (κ1) is 13.4. The van der Waals surface area contributed by atoms with Crippen LogP contribution in [0.3, 0.4) is 0 Å². The second-order valence-electron chi connectivity index (χ2n) is 4.20. The van der Waals surface area contributed by atoms with E-state index in [0.29, 0.717) is 40.9 Å². The van der Waals surface area contributed by atoms with E-state index >= 15 is 0 Å². The highest BCUT2D eigenvalue weighted by molar-refractivity contribution is 9.10. The standard InChI is InChI=1S/C14H9BrClNO3/c15-9-3-8(6-17-7-9)14(18)10-4-12-13(5-11(10)16)20-2-1-19-12/h3-7H,1-2H2. The molecule has 1 aliphatic heterocycles. The number of hydrogen-bond donors (Lipinski definition) is 0. The topological polar surface area (TPSA) is 48.4 Å². The number of rotatable bonds is 2. The van der Waals surface area contributed by atoms with Crippen LogP contribution < -0.4 is 9.47 Å². The molecule has 1 aliphatic rings. The highest BCUT2D eigenvalue weighted by atomic mass is 79.9. The van der Waals surface area contributed by atoms with Crippen LogP contribution in [-0.2, 0) is 0 Å². The Morgan fingerprint density at radius 3 is 2.55 bits per heavy atom. The summed E-state index contributed by atoms with van der Waals surface area (Å²) in [7, 11) is 0. The lowest BCUT2D eigenvalue weighted by Gasteiger charge is -2.19. The molecule has 0 aliphatic carbocycles. The van der Waals surface area contributed by atoms with Gasteiger partial charge in [0.25, 0.3) is 0 Å². The second-order valence-corrected chi connectivity index (χ2v) is 5.52. The zero-order valence-corrected chi connectivity index (χ0v) is 12.6. The summed E-state index contributed by atoms with van der Waals surface area (Å²) in [5.41, 5.74) is 0.828. The Kier molecular flexibility index (Phi) is 3.63. The van der Waals surface area contributed by atoms with Crippen LogP contribution in [0.15, 0.2) is 35.1 Å². The Hall–Kier alpha value is -1.59. The molecule has 4 nitrogen and oxygen atoms in total. The van der Waals surface area contributed by atoms with Crippen molar-refractivity contribution in [2.45, 2.75) is 0 Å². The Morgan fingerprint density at radius 2 is 1.85 bits per heavy atom. The van der Waals surface area contributed by atoms with Crippen molar-refractivity contribution in [3.05, 3.63) is 51.2 Å². The summed E-state index contributed by atoms with van der Waals surface area (Å²) in [6, 6.07) is 4.91. The third-order valence-electron chi connectivity index (χ3n) is 2.84. The smallest absolute Gasteiger partial charge is 0.196 e. The van der Waals surface area contributed by atoms with Gasteiger partial charge in [0.1, 0.15) is 13.2 Å². The van der Waals surface area contributed by atoms with Crippen molar-refractivity contribution in [1.29, 1.82) is 0 Å². The molecule has 0 unspecified atom stereocenters. The van der Waals surface area contributed by atoms with Gasteiger partial charge in [0.15, 0.2) is 17.3 Å². The van der Waals surface area contributed by atoms with E-state index in [1.165, 1.54) is 6.20 Å². The molecule has 0 saturated carbocycles. The zero-order chi connectivity index (χ0) is 14.1. The third-order valence-corrected chi connectivity index (χ3v) is 3.59. The first-order valence-electron chi connectivity index (χ1n) is 5.89. The Bertz CT molecular complexity index is 690. The first-order chi connectivity index (χ1) is 9.65. The molecule has 0 radical (unpaired) electrons. The van der Waals surface area contributed by atoms with Gasteiger partial charge in [-0.15, -0.1) is 0 Å². The van der Waals surface area contributed by atoms with Crippen molar-refractivity contribution in [3.63, 3.8) is 0 Å². The maximum Gasteiger partial charge on any atom is 0.196 e. The maximum atomic E-state index is 12.5. The number of carbonyl (C=O) groups excluding carboxylic acids is 1. The fourth-order valence-corrected chi connectivity index (χ4v) is 2.53. The van der Waals surface area contributed by atoms with Gasteiger partial charge in [-0.1, -0.05) is 11.6 Å². The molecule has 0 saturated heterocycles. The second kappa shape index (κ2) is 5.42. The number of benzene rings is 1. The number of ether oxygens (including phenoxy) is 2. The number of ketones is 1. The molecule has 0 atom stereocenters. The lowest BCUT2D eigenvalue weighted by molar-refractivity contribution is 0.103. The molecule has 102 valence electrons. The number of hydrogen-bond acceptors (Lipinski definition) is 4. The quantitative estimate of drug-likeness (QED) is 0.775. The number of pyridine rings is 1. The average molecular weight is 355 g/mol. The van der Waals surface area contributed by atoms with Gasteiger partial charge in [-0.3, -0.25) is 9.78 Å². The molecule has 1 aromatic heterocycles. The average Bonchev–Trinajstić information content (AvgIpc) is 2.46. The monoisotopic (exact) mass is 353 g/mol. The molecule has 1 aromatic carbocycles. The predicted molar refractivity (Wildman–Crippen MR) is 77.8 cm³/mol. The predicted octanol–water partition coefficient (Wildman–Crippen LogP) is 3.50. The van der Waals surface area contributed by atoms with Gasteiger partial charge >= 0.3 is 0 Å². The van der Waals surface area contributed by atoms with Crippen molar-refractivity contribution in [3.8, 4) is 11.5 Å². The molecule has 3 rings (SSSR count). The lowest BCUT2D eigenvalue weighted by atomic mass is 10.0. The minimum Gasteiger partial charge on any atom is -0.486 e. The van der Waals surface area contributed by atoms with E-state index in [0.717, 1.165) is 4.47 Å². The Labute approximate surface area is 128 Å². The maximum absolute atomic E-state index is 12.5. The highest BCUT2D eigenvalue weighted by Crippen LogP contribution is 2.36. The molecule has 2 heterocycles. The van der Waals surface area contributed by atoms with Crippen LogP contribution in [0.1, 0.15) is 15.9 Å². The van der Waals surface area contributed by atoms with Gasteiger partial charge in [0, 0.05) is 34.1 Å². The third kappa shape index (κ3) is 2.51. The van der Waals surface area contributed by atoms with Crippen LogP contribution in [0.5, 0.6) is 11.5 Å². The van der Waals surface area contributed by atoms with Crippen molar-refractivity contribution in [1.82, 2.24) is 4.98 Å². The number of fused-ring (bicyclic) bond motifs is 1. The minimum atomic E-state index is -0.208. The minimum absolute atomic E-state index is 0.208. The van der Waals surface area contributed by atoms with E-state index in [1.807, 2.05) is 0 Å². The number of halogens is 2. The van der Waals surface area contributed by atoms with Crippen molar-refractivity contribution in [2.75, 3.05) is 13.2 Å². The van der Waals surface area contributed by atoms with Crippen LogP contribution in [0.25, 0.3) is 0 Å². The molecule has 0 fully saturated rings. The summed E-state index contributed by atoms with van der Waals surface area (Å²) >= 11 is 9.45. The summed E-state index contributed by atoms with van der Waals surface area (Å²) < 4.78 is 11.6. The van der Waals surface area contributed by atoms with Crippen molar-refractivity contribution in [2.24, 2.45) is 0 Å². The van der Waals surface area contributed by atoms with Gasteiger partial charge in [-0.2, -0.15) is 0 Å². The van der Waals surface area contributed by atoms with Gasteiger partial charge < -0.3 is 9.47 Å². The molecule has 2 aromatic rings. The van der Waals surface area contributed by atoms with Crippen LogP contribution in [0.4, 0.5) is 0 Å². The molecule has 0 amide bonds. The summed E-state index contributed by atoms with van der Waals surface area (Å²) in [6.45, 7) is 0.937. The lowest BCUT2D eigenvalue weighted by Crippen LogP contribution is -2.16. The number of carbonyl (C=O) groups is 1. The molecular formula is C14H9BrClNO3. The Balaban J connectivity index is 2.03. The number of nitrogens with zero attached hydrogens (tertiary/aromatic N) is 1. The summed E-state index contributed by atoms with van der Waals surface area (Å²) in [5.74, 6) is 0.887. The Morgan fingerprint density at radius 1 is 1.15 bits per heavy atom. The molecule has 6 heteroatoms. The largest absolute Gasteiger partial charge is 0.486 e. The fraction of sp³-hybridized carbons (Fsp3) is 0.143. The summed E-state index contributed by atoms with van der Waals surface area (Å²) in [5, 5.41) is 0.333. The molecule has 0 bridgehead atoms. The summed E-state index contributed by atoms with van der Waals surface area (Å²) in [6.07, 6.45) is 3.11. The van der Waals surface area contributed by atoms with Crippen LogP contribution >= 0.6 is 27.5 Å². The van der Waals surface area contributed by atoms with Gasteiger partial charge in [-0.25, -0.2) is 0 Å². The van der Waals surface area contributed by atoms with Crippen LogP contribution in [0, 0.1) is 0 Å². The SMILES string of the molecule is O=C(c1cncc(Br)c1)c1cc2c(cc1Cl)OCCO2. The normalized spacial score (nSPS) is 13.1.